The number of allylic oxidation sites excluding steroid dienone is 6. The molecule has 24 heteroatoms. The van der Waals surface area contributed by atoms with E-state index in [4.69, 9.17) is 49.4 Å². The summed E-state index contributed by atoms with van der Waals surface area (Å²) in [6.45, 7) is 13.2. The molecule has 24 nitrogen and oxygen atoms in total. The maximum atomic E-state index is 14.6. The predicted molar refractivity (Wildman–Crippen MR) is 316 cm³/mol. The van der Waals surface area contributed by atoms with Gasteiger partial charge in [0.25, 0.3) is 11.8 Å². The fourth-order valence-corrected chi connectivity index (χ4v) is 10.5. The summed E-state index contributed by atoms with van der Waals surface area (Å²) in [5, 5.41) is 34.3. The molecule has 0 fully saturated rings. The molecule has 86 heavy (non-hydrogen) atoms. The molecule has 0 aromatic heterocycles. The Balaban J connectivity index is 1.74. The summed E-state index contributed by atoms with van der Waals surface area (Å²) >= 11 is 0. The SMILES string of the molecule is COC1=C2C[C@@H](C)C[C@H](OC)[C@H](O)[C@@H](C)/C=C(\C)[C@H](OC(N)=O)[C@@H](OC)/C=C\C=C(/C)C(=O)NC(=C(NC/C=C/CNC3=C4NC(=O)/C(C)=C/C=C\[C@H](OC)[C@@H](OC(N)=O)/C(C)=C/[C@H](C)[C@@H](O)[C@@H](OC)C[C@H](C)CC(=C(OC)C3=O)C4=O)C1=O)C2=O. The number of carbonyl (C=O) groups is 8. The second kappa shape index (κ2) is 33.2. The molecule has 472 valence electrons. The summed E-state index contributed by atoms with van der Waals surface area (Å²) in [7, 11) is 8.12. The van der Waals surface area contributed by atoms with Crippen molar-refractivity contribution in [3.63, 3.8) is 0 Å². The van der Waals surface area contributed by atoms with Crippen LogP contribution in [0.1, 0.15) is 81.1 Å². The average Bonchev–Trinajstić information content (AvgIpc) is 1.14. The van der Waals surface area contributed by atoms with Crippen molar-refractivity contribution in [2.24, 2.45) is 35.1 Å². The molecule has 2 aliphatic carbocycles. The van der Waals surface area contributed by atoms with Crippen molar-refractivity contribution in [1.29, 1.82) is 0 Å². The lowest BCUT2D eigenvalue weighted by Crippen LogP contribution is -2.40. The van der Waals surface area contributed by atoms with Crippen molar-refractivity contribution in [2.75, 3.05) is 55.7 Å². The monoisotopic (exact) mass is 1200 g/mol. The number of rotatable bonds is 14. The quantitative estimate of drug-likeness (QED) is 0.0891. The van der Waals surface area contributed by atoms with Crippen LogP contribution in [0, 0.1) is 23.7 Å². The third-order valence-electron chi connectivity index (χ3n) is 15.2. The van der Waals surface area contributed by atoms with Gasteiger partial charge in [-0.3, -0.25) is 28.8 Å². The van der Waals surface area contributed by atoms with Crippen LogP contribution in [0.4, 0.5) is 9.59 Å². The van der Waals surface area contributed by atoms with Crippen LogP contribution in [0.5, 0.6) is 0 Å². The van der Waals surface area contributed by atoms with E-state index in [9.17, 15) is 48.6 Å². The minimum Gasteiger partial charge on any atom is -0.492 e. The number of ketones is 4. The Morgan fingerprint density at radius 3 is 1.22 bits per heavy atom. The first-order chi connectivity index (χ1) is 40.7. The minimum atomic E-state index is -1.10. The highest BCUT2D eigenvalue weighted by Crippen LogP contribution is 2.34. The van der Waals surface area contributed by atoms with Gasteiger partial charge in [0.1, 0.15) is 35.0 Å². The van der Waals surface area contributed by atoms with Crippen molar-refractivity contribution < 1.29 is 86.5 Å². The van der Waals surface area contributed by atoms with Gasteiger partial charge >= 0.3 is 12.2 Å². The Labute approximate surface area is 502 Å². The summed E-state index contributed by atoms with van der Waals surface area (Å²) in [5.74, 6) is -6.93. The molecule has 4 bridgehead atoms. The smallest absolute Gasteiger partial charge is 0.405 e. The number of Topliss-reactive ketones (excluding diaryl/α,β-unsaturated/α-hetero) is 4. The van der Waals surface area contributed by atoms with Gasteiger partial charge in [-0.2, -0.15) is 0 Å². The lowest BCUT2D eigenvalue weighted by atomic mass is 9.85. The fraction of sp³-hybridized carbons (Fsp3) is 0.516. The number of aliphatic hydroxyl groups excluding tert-OH is 2. The third kappa shape index (κ3) is 18.4. The van der Waals surface area contributed by atoms with Crippen LogP contribution in [-0.4, -0.2) is 162 Å². The van der Waals surface area contributed by atoms with E-state index >= 15 is 0 Å². The van der Waals surface area contributed by atoms with Gasteiger partial charge in [-0.15, -0.1) is 0 Å². The molecular weight excluding hydrogens is 1120 g/mol. The molecule has 4 amide bonds. The van der Waals surface area contributed by atoms with Crippen LogP contribution in [0.25, 0.3) is 0 Å². The summed E-state index contributed by atoms with van der Waals surface area (Å²) in [6.07, 6.45) is 5.95. The van der Waals surface area contributed by atoms with Crippen LogP contribution in [-0.2, 0) is 66.7 Å². The normalized spacial score (nSPS) is 31.7. The second-order valence-electron chi connectivity index (χ2n) is 21.7. The lowest BCUT2D eigenvalue weighted by Gasteiger charge is -2.30. The maximum absolute atomic E-state index is 14.6. The number of carbonyl (C=O) groups excluding carboxylic acids is 8. The molecule has 4 aliphatic rings. The molecule has 0 radical (unpaired) electrons. The number of amides is 4. The van der Waals surface area contributed by atoms with Crippen molar-refractivity contribution in [3.05, 3.63) is 129 Å². The van der Waals surface area contributed by atoms with Gasteiger partial charge in [0, 0.05) is 75.7 Å². The molecular formula is C62H86N6O18. The van der Waals surface area contributed by atoms with Crippen molar-refractivity contribution in [1.82, 2.24) is 21.3 Å². The van der Waals surface area contributed by atoms with Gasteiger partial charge in [-0.1, -0.05) is 88.5 Å². The number of nitrogens with one attached hydrogen (secondary N) is 4. The van der Waals surface area contributed by atoms with Gasteiger partial charge in [-0.25, -0.2) is 9.59 Å². The number of hydrogen-bond acceptors (Lipinski definition) is 20. The average molecular weight is 1200 g/mol. The first kappa shape index (κ1) is 70.7. The number of fused-ring (bicyclic) bond motifs is 4. The molecule has 12 atom stereocenters. The Morgan fingerprint density at radius 2 is 0.919 bits per heavy atom. The number of primary amides is 2. The van der Waals surface area contributed by atoms with E-state index in [1.807, 2.05) is 0 Å². The highest BCUT2D eigenvalue weighted by molar-refractivity contribution is 6.26. The van der Waals surface area contributed by atoms with Gasteiger partial charge in [0.2, 0.25) is 23.1 Å². The molecule has 4 rings (SSSR count). The van der Waals surface area contributed by atoms with E-state index in [2.05, 4.69) is 21.3 Å². The number of ether oxygens (including phenoxy) is 8. The molecule has 0 saturated heterocycles. The van der Waals surface area contributed by atoms with Crippen LogP contribution >= 0.6 is 0 Å². The molecule has 0 saturated carbocycles. The Hall–Kier alpha value is -7.74. The van der Waals surface area contributed by atoms with Crippen LogP contribution in [0.15, 0.2) is 129 Å². The highest BCUT2D eigenvalue weighted by Gasteiger charge is 2.41. The van der Waals surface area contributed by atoms with Gasteiger partial charge < -0.3 is 80.8 Å². The van der Waals surface area contributed by atoms with Crippen LogP contribution in [0.2, 0.25) is 0 Å². The van der Waals surface area contributed by atoms with E-state index in [1.54, 1.807) is 53.7 Å². The van der Waals surface area contributed by atoms with Gasteiger partial charge in [-0.05, 0) is 76.4 Å². The minimum absolute atomic E-state index is 0.0274. The first-order valence-corrected chi connectivity index (χ1v) is 28.1. The van der Waals surface area contributed by atoms with Crippen molar-refractivity contribution in [3.8, 4) is 0 Å². The zero-order valence-corrected chi connectivity index (χ0v) is 51.5. The zero-order chi connectivity index (χ0) is 64.3. The van der Waals surface area contributed by atoms with E-state index in [0.717, 1.165) is 0 Å². The van der Waals surface area contributed by atoms with Gasteiger partial charge in [0.15, 0.2) is 23.7 Å². The molecule has 2 aliphatic heterocycles. The van der Waals surface area contributed by atoms with Crippen LogP contribution < -0.4 is 32.7 Å². The molecule has 2 heterocycles. The third-order valence-corrected chi connectivity index (χ3v) is 15.2. The van der Waals surface area contributed by atoms with E-state index in [0.29, 0.717) is 11.1 Å². The number of methoxy groups -OCH3 is 6. The summed E-state index contributed by atoms with van der Waals surface area (Å²) < 4.78 is 44.9. The number of aliphatic hydroxyl groups is 2. The summed E-state index contributed by atoms with van der Waals surface area (Å²) in [4.78, 5) is 110. The molecule has 0 unspecified atom stereocenters. The summed E-state index contributed by atoms with van der Waals surface area (Å²) in [6, 6.07) is 0. The largest absolute Gasteiger partial charge is 0.492 e. The van der Waals surface area contributed by atoms with E-state index in [-0.39, 0.29) is 95.4 Å². The molecule has 0 aromatic rings. The number of nitrogens with two attached hydrogens (primary N) is 2. The van der Waals surface area contributed by atoms with E-state index in [1.165, 1.54) is 105 Å². The molecule has 10 N–H and O–H groups in total. The summed E-state index contributed by atoms with van der Waals surface area (Å²) in [5.41, 5.74) is 10.7. The van der Waals surface area contributed by atoms with Gasteiger partial charge in [0.05, 0.1) is 38.6 Å². The highest BCUT2D eigenvalue weighted by atomic mass is 16.6. The second-order valence-corrected chi connectivity index (χ2v) is 21.7. The standard InChI is InChI=1S/C62H86N6O18/c1-31-25-39-51(71)47(67-59(75)33(3)19-17-21-41(79-9)55(85-61(63)77)37(7)29-35(5)49(69)43(27-31)81-11)45(53(73)57(39)83-13)65-23-15-16-24-66-46-48-52(72)40(58(84-14)54(46)74)26-32(2)28-44(82-12)50(70)36(6)30-38(8)56(86-62(64)78)42(80-10)22-18-20-34(4)60(76)68-48/h15-22,29-32,35-36,41-44,49-50,55-56,65-66,69-70H,23-28H2,1-14H3,(H2,63,77)(H2,64,78)(H,67,75)(H,68,76)/b16-15+,21-17-,22-18-,33-19+,34-20+,37-29+,38-30+/t31-,32-,35+,36+,41+,42+,43+,44+,49-,50-,55+,56+/m1/s1. The van der Waals surface area contributed by atoms with Crippen LogP contribution in [0.3, 0.4) is 0 Å². The molecule has 0 aromatic carbocycles. The van der Waals surface area contributed by atoms with Crippen molar-refractivity contribution >= 4 is 47.1 Å². The Morgan fingerprint density at radius 1 is 0.570 bits per heavy atom. The van der Waals surface area contributed by atoms with E-state index < -0.39 is 120 Å². The zero-order valence-electron chi connectivity index (χ0n) is 51.5. The number of hydrogen-bond donors (Lipinski definition) is 8. The predicted octanol–water partition coefficient (Wildman–Crippen LogP) is 4.22. The maximum Gasteiger partial charge on any atom is 0.405 e. The Bertz CT molecular complexity index is 2730. The topological polar surface area (TPSA) is 351 Å². The Kier molecular flexibility index (Phi) is 27.3. The molecule has 0 spiro atoms. The first-order valence-electron chi connectivity index (χ1n) is 28.1. The fourth-order valence-electron chi connectivity index (χ4n) is 10.5. The lowest BCUT2D eigenvalue weighted by molar-refractivity contribution is -0.121. The van der Waals surface area contributed by atoms with Crippen molar-refractivity contribution in [2.45, 2.75) is 130 Å².